The van der Waals surface area contributed by atoms with Crippen molar-refractivity contribution in [1.82, 2.24) is 45.6 Å². The van der Waals surface area contributed by atoms with Crippen LogP contribution < -0.4 is 16.0 Å². The molecule has 27 nitrogen and oxygen atoms in total. The zero-order valence-corrected chi connectivity index (χ0v) is 67.8. The van der Waals surface area contributed by atoms with Crippen molar-refractivity contribution in [2.24, 2.45) is 26.8 Å². The lowest BCUT2D eigenvalue weighted by atomic mass is 9.93. The smallest absolute Gasteiger partial charge is 0.338 e. The van der Waals surface area contributed by atoms with E-state index in [1.54, 1.807) is 59.3 Å². The Balaban J connectivity index is 0.000000178. The number of ether oxygens (including phenoxy) is 6. The molecule has 0 radical (unpaired) electrons. The highest BCUT2D eigenvalue weighted by Gasteiger charge is 2.42. The van der Waals surface area contributed by atoms with Crippen LogP contribution in [0, 0.1) is 29.3 Å². The van der Waals surface area contributed by atoms with Gasteiger partial charge in [-0.1, -0.05) is 71.2 Å². The predicted molar refractivity (Wildman–Crippen MR) is 419 cm³/mol. The van der Waals surface area contributed by atoms with Crippen molar-refractivity contribution in [1.29, 1.82) is 0 Å². The summed E-state index contributed by atoms with van der Waals surface area (Å²) in [5.41, 5.74) is 4.05. The second-order valence-corrected chi connectivity index (χ2v) is 31.1. The number of rotatable bonds is 27. The third kappa shape index (κ3) is 22.1. The van der Waals surface area contributed by atoms with Gasteiger partial charge in [0.05, 0.1) is 86.5 Å². The predicted octanol–water partition coefficient (Wildman–Crippen LogP) is 11.6. The summed E-state index contributed by atoms with van der Waals surface area (Å²) in [5.74, 6) is -5.42. The van der Waals surface area contributed by atoms with Crippen molar-refractivity contribution in [2.75, 3.05) is 85.5 Å². The Kier molecular flexibility index (Phi) is 31.2. The number of nitrogens with one attached hydrogen (secondary N) is 3. The fraction of sp³-hybridized carbons (Fsp3) is 0.447. The van der Waals surface area contributed by atoms with Crippen molar-refractivity contribution in [3.05, 3.63) is 187 Å². The monoisotopic (exact) mass is 1710 g/mol. The number of esters is 3. The molecule has 2 unspecified atom stereocenters. The normalized spacial score (nSPS) is 22.2. The number of carbonyl (C=O) groups excluding carboxylic acids is 3. The fourth-order valence-corrected chi connectivity index (χ4v) is 16.5. The van der Waals surface area contributed by atoms with Crippen LogP contribution >= 0.6 is 73.1 Å². The molecule has 6 N–H and O–H groups in total. The molecule has 3 fully saturated rings. The first kappa shape index (κ1) is 86.0. The molecular formula is C76H86BrCl2F3N12O15S3. The lowest BCUT2D eigenvalue weighted by Gasteiger charge is -2.42. The third-order valence-corrected chi connectivity index (χ3v) is 22.8. The van der Waals surface area contributed by atoms with Crippen LogP contribution in [0.5, 0.6) is 0 Å². The van der Waals surface area contributed by atoms with E-state index >= 15 is 0 Å². The molecule has 36 heteroatoms. The van der Waals surface area contributed by atoms with E-state index in [0.29, 0.717) is 155 Å². The molecule has 3 aromatic carbocycles. The van der Waals surface area contributed by atoms with Gasteiger partial charge in [-0.3, -0.25) is 44.1 Å². The molecule has 6 aromatic rings. The number of benzene rings is 3. The molecule has 0 spiro atoms. The highest BCUT2D eigenvalue weighted by atomic mass is 79.9. The highest BCUT2D eigenvalue weighted by Crippen LogP contribution is 2.42. The van der Waals surface area contributed by atoms with E-state index in [0.717, 1.165) is 0 Å². The summed E-state index contributed by atoms with van der Waals surface area (Å²) in [6, 6.07) is 9.37. The summed E-state index contributed by atoms with van der Waals surface area (Å²) in [7, 11) is 0. The van der Waals surface area contributed by atoms with Gasteiger partial charge in [-0.25, -0.2) is 42.5 Å². The van der Waals surface area contributed by atoms with Crippen LogP contribution in [0.25, 0.3) is 0 Å². The molecule has 6 aliphatic rings. The van der Waals surface area contributed by atoms with Crippen LogP contribution in [0.4, 0.5) is 13.2 Å². The van der Waals surface area contributed by atoms with Gasteiger partial charge < -0.3 is 59.7 Å². The molecule has 0 amide bonds. The number of carbonyl (C=O) groups is 6. The van der Waals surface area contributed by atoms with E-state index in [9.17, 15) is 57.3 Å². The summed E-state index contributed by atoms with van der Waals surface area (Å²) in [6.45, 7) is 17.3. The van der Waals surface area contributed by atoms with Crippen LogP contribution in [0.1, 0.15) is 124 Å². The Morgan fingerprint density at radius 1 is 0.562 bits per heavy atom. The first-order valence-electron chi connectivity index (χ1n) is 36.3. The Morgan fingerprint density at radius 2 is 0.955 bits per heavy atom. The maximum atomic E-state index is 13.9. The van der Waals surface area contributed by atoms with E-state index < -0.39 is 83.2 Å². The van der Waals surface area contributed by atoms with Crippen LogP contribution in [0.3, 0.4) is 0 Å². The quantitative estimate of drug-likeness (QED) is 0.0206. The Morgan fingerprint density at radius 3 is 1.36 bits per heavy atom. The second kappa shape index (κ2) is 40.6. The number of carboxylic acids is 3. The lowest BCUT2D eigenvalue weighted by molar-refractivity contribution is -0.144. The van der Waals surface area contributed by atoms with E-state index in [-0.39, 0.29) is 84.4 Å². The number of aromatic nitrogens is 3. The molecule has 112 heavy (non-hydrogen) atoms. The Labute approximate surface area is 675 Å². The number of aliphatic imine (C=N–C) groups is 3. The van der Waals surface area contributed by atoms with Gasteiger partial charge in [0.2, 0.25) is 0 Å². The number of hydrogen-bond donors (Lipinski definition) is 6. The molecule has 9 heterocycles. The van der Waals surface area contributed by atoms with Gasteiger partial charge in [-0.05, 0) is 95.8 Å². The van der Waals surface area contributed by atoms with Crippen molar-refractivity contribution in [3.8, 4) is 0 Å². The number of hydrogen-bond acceptors (Lipinski definition) is 27. The van der Waals surface area contributed by atoms with E-state index in [4.69, 9.17) is 66.6 Å². The third-order valence-electron chi connectivity index (χ3n) is 19.1. The lowest BCUT2D eigenvalue weighted by Crippen LogP contribution is -2.53. The summed E-state index contributed by atoms with van der Waals surface area (Å²) in [6.07, 6.45) is 5.48. The Bertz CT molecular complexity index is 4540. The SMILES string of the molecule is CCOC(=O)C1=C(CN2CCO[C@H](C)[C@H]2CC(C)C(=O)O)NC(c2nccs2)=N[C@H]1c1ccc(F)cc1Cl.CCOC(=O)C1=C(CN2CCO[C@H](C)[C@H]2CCC(=O)O)NC(c2nccs2)=N[C@H]1c1ccc(F)cc1Br.CCOC(=O)C1=C(CN2CCO[C@H](CC(C)C(=O)O)C2)NC(c2nccs2)=N[C@H]1c1ccc(F)cc1Cl. The molecule has 10 atom stereocenters. The highest BCUT2D eigenvalue weighted by molar-refractivity contribution is 9.10. The largest absolute Gasteiger partial charge is 0.481 e. The van der Waals surface area contributed by atoms with Gasteiger partial charge in [-0.15, -0.1) is 34.0 Å². The van der Waals surface area contributed by atoms with Gasteiger partial charge in [0, 0.05) is 142 Å². The minimum absolute atomic E-state index is 0.00303. The zero-order valence-electron chi connectivity index (χ0n) is 62.2. The standard InChI is InChI=1S/C26H30ClFN4O5S.C25H28BrFN4O5S.C25H28ClFN4O5S/c1-4-36-26(35)21-19(13-32-8-9-37-15(3)20(32)11-14(2)25(33)34)30-23(24-29-7-10-38-24)31-22(21)17-6-5-16(28)12-18(17)27;1-3-35-25(34)21-18(13-31-9-10-36-14(2)19(31)6-7-20(32)33)29-23(24-28-8-11-37-24)30-22(21)16-5-4-15(27)12-17(16)26;1-3-35-25(34)20-19(13-31-7-8-36-16(12-31)10-14(2)24(32)33)29-22(23-28-6-9-37-23)30-21(20)17-5-4-15(27)11-18(17)26/h5-7,10,12,14-15,20,22H,4,8-9,11,13H2,1-3H3,(H,30,31)(H,33,34);4-5,8,11-12,14,19,22H,3,6-7,9-10,13H2,1-2H3,(H,29,30)(H,32,33);4-6,9,11,14,16,21H,3,7-8,10,12-13H2,1-2H3,(H,29,30)(H,32,33)/t14?,15-,20-,22+;14-,19-,22+;14?,16-,21+/m111/s1. The molecular weight excluding hydrogens is 1620 g/mol. The Hall–Kier alpha value is -8.39. The van der Waals surface area contributed by atoms with Crippen LogP contribution in [-0.4, -0.2) is 214 Å². The molecule has 0 saturated carbocycles. The maximum Gasteiger partial charge on any atom is 0.338 e. The molecule has 3 saturated heterocycles. The van der Waals surface area contributed by atoms with E-state index in [1.807, 2.05) is 30.0 Å². The van der Waals surface area contributed by atoms with Gasteiger partial charge in [-0.2, -0.15) is 0 Å². The van der Waals surface area contributed by atoms with Gasteiger partial charge >= 0.3 is 35.8 Å². The second-order valence-electron chi connectivity index (χ2n) is 26.7. The van der Waals surface area contributed by atoms with E-state index in [2.05, 4.69) is 61.5 Å². The maximum absolute atomic E-state index is 13.9. The number of carboxylic acid groups (broad SMARTS) is 3. The van der Waals surface area contributed by atoms with Crippen molar-refractivity contribution in [3.63, 3.8) is 0 Å². The summed E-state index contributed by atoms with van der Waals surface area (Å²) in [5, 5.41) is 45.6. The first-order chi connectivity index (χ1) is 53.7. The average molecular weight is 1710 g/mol. The summed E-state index contributed by atoms with van der Waals surface area (Å²) in [4.78, 5) is 108. The summed E-state index contributed by atoms with van der Waals surface area (Å²) >= 11 is 20.5. The summed E-state index contributed by atoms with van der Waals surface area (Å²) < 4.78 is 75.9. The number of amidine groups is 3. The van der Waals surface area contributed by atoms with Crippen LogP contribution in [-0.2, 0) is 57.2 Å². The molecule has 3 aromatic heterocycles. The van der Waals surface area contributed by atoms with Gasteiger partial charge in [0.15, 0.2) is 32.5 Å². The topological polar surface area (TPSA) is 340 Å². The van der Waals surface area contributed by atoms with Gasteiger partial charge in [0.25, 0.3) is 0 Å². The molecule has 0 aliphatic carbocycles. The molecule has 6 aliphatic heterocycles. The first-order valence-corrected chi connectivity index (χ1v) is 40.4. The number of thiazole rings is 3. The van der Waals surface area contributed by atoms with Crippen molar-refractivity contribution < 1.29 is 85.7 Å². The molecule has 0 bridgehead atoms. The average Bonchev–Trinajstić information content (AvgIpc) is 0.935. The van der Waals surface area contributed by atoms with Crippen LogP contribution in [0.15, 0.2) is 143 Å². The van der Waals surface area contributed by atoms with Crippen LogP contribution in [0.2, 0.25) is 10.0 Å². The number of nitrogens with zero attached hydrogens (tertiary/aromatic N) is 9. The number of morpholine rings is 3. The minimum atomic E-state index is -0.880. The molecule has 600 valence electrons. The van der Waals surface area contributed by atoms with Crippen molar-refractivity contribution in [2.45, 2.75) is 123 Å². The number of halogens is 6. The molecule has 12 rings (SSSR count). The van der Waals surface area contributed by atoms with Gasteiger partial charge in [0.1, 0.15) is 35.6 Å². The fourth-order valence-electron chi connectivity index (χ4n) is 13.6. The van der Waals surface area contributed by atoms with E-state index in [1.165, 1.54) is 82.5 Å². The zero-order chi connectivity index (χ0) is 80.4. The van der Waals surface area contributed by atoms with Crippen molar-refractivity contribution >= 4 is 126 Å². The minimum Gasteiger partial charge on any atom is -0.481 e. The number of aliphatic carboxylic acids is 3.